The predicted octanol–water partition coefficient (Wildman–Crippen LogP) is 5.97. The minimum Gasteiger partial charge on any atom is -0.462 e. The minimum atomic E-state index is -0.290. The van der Waals surface area contributed by atoms with Crippen molar-refractivity contribution < 1.29 is 4.42 Å². The lowest BCUT2D eigenvalue weighted by Gasteiger charge is -2.11. The van der Waals surface area contributed by atoms with Crippen molar-refractivity contribution in [3.63, 3.8) is 0 Å². The number of rotatable bonds is 3. The van der Waals surface area contributed by atoms with E-state index in [9.17, 15) is 9.59 Å². The summed E-state index contributed by atoms with van der Waals surface area (Å²) in [5.74, 6) is 0.378. The van der Waals surface area contributed by atoms with E-state index in [1.807, 2.05) is 36.4 Å². The van der Waals surface area contributed by atoms with Gasteiger partial charge in [0.1, 0.15) is 12.1 Å². The molecular weight excluding hydrogens is 447 g/mol. The Kier molecular flexibility index (Phi) is 5.13. The topological polar surface area (TPSA) is 65.1 Å². The Hall–Kier alpha value is -3.67. The van der Waals surface area contributed by atoms with Gasteiger partial charge in [-0.05, 0) is 48.6 Å². The summed E-state index contributed by atoms with van der Waals surface area (Å²) in [5.41, 5.74) is 1.28. The molecule has 156 valence electrons. The van der Waals surface area contributed by atoms with Gasteiger partial charge in [-0.2, -0.15) is 0 Å². The summed E-state index contributed by atoms with van der Waals surface area (Å²) in [7, 11) is 0. The number of nitrogens with zero attached hydrogens (tertiary/aromatic N) is 2. The number of hydrogen-bond donors (Lipinski definition) is 0. The van der Waals surface area contributed by atoms with Crippen LogP contribution in [0.1, 0.15) is 11.4 Å². The van der Waals surface area contributed by atoms with Gasteiger partial charge in [0.05, 0.1) is 32.6 Å². The van der Waals surface area contributed by atoms with Crippen LogP contribution in [0.25, 0.3) is 39.7 Å². The molecule has 0 bridgehead atoms. The smallest absolute Gasteiger partial charge is 0.266 e. The van der Waals surface area contributed by atoms with E-state index in [1.165, 1.54) is 23.0 Å². The van der Waals surface area contributed by atoms with Gasteiger partial charge >= 0.3 is 0 Å². The highest BCUT2D eigenvalue weighted by atomic mass is 35.5. The Balaban J connectivity index is 1.72. The van der Waals surface area contributed by atoms with Crippen molar-refractivity contribution in [1.82, 2.24) is 9.55 Å². The zero-order valence-corrected chi connectivity index (χ0v) is 18.0. The summed E-state index contributed by atoms with van der Waals surface area (Å²) in [6.45, 7) is 0. The summed E-state index contributed by atoms with van der Waals surface area (Å²) < 4.78 is 7.09. The Bertz CT molecular complexity index is 1640. The number of aromatic nitrogens is 2. The molecule has 7 heteroatoms. The SMILES string of the molecule is O=c1c(/C=C\c2nc3ccccc3c(=O)n2-c2ccccc2)coc2c(Cl)cc(Cl)cc12. The fraction of sp³-hybridized carbons (Fsp3) is 0. The quantitative estimate of drug-likeness (QED) is 0.332. The number of fused-ring (bicyclic) bond motifs is 2. The van der Waals surface area contributed by atoms with Crippen LogP contribution < -0.4 is 11.0 Å². The molecular formula is C25H14Cl2N2O3. The standard InChI is InChI=1S/C25H14Cl2N2O3/c26-16-12-19-23(30)15(14-32-24(19)20(27)13-16)10-11-22-28-21-9-5-4-8-18(21)25(31)29(22)17-6-2-1-3-7-17/h1-14H/b11-10-. The second-order valence-corrected chi connectivity index (χ2v) is 7.92. The molecule has 0 spiro atoms. The van der Waals surface area contributed by atoms with Crippen LogP contribution in [0, 0.1) is 0 Å². The van der Waals surface area contributed by atoms with Crippen molar-refractivity contribution >= 4 is 57.2 Å². The second-order valence-electron chi connectivity index (χ2n) is 7.08. The molecule has 0 saturated carbocycles. The second kappa shape index (κ2) is 8.11. The maximum Gasteiger partial charge on any atom is 0.266 e. The maximum atomic E-state index is 13.3. The van der Waals surface area contributed by atoms with Gasteiger partial charge in [0.15, 0.2) is 11.0 Å². The molecule has 5 rings (SSSR count). The average molecular weight is 461 g/mol. The molecule has 5 aromatic rings. The zero-order valence-electron chi connectivity index (χ0n) is 16.5. The molecule has 0 unspecified atom stereocenters. The molecule has 0 saturated heterocycles. The van der Waals surface area contributed by atoms with Gasteiger partial charge in [-0.3, -0.25) is 14.2 Å². The first-order chi connectivity index (χ1) is 15.5. The van der Waals surface area contributed by atoms with E-state index in [0.29, 0.717) is 27.4 Å². The number of para-hydroxylation sites is 2. The summed E-state index contributed by atoms with van der Waals surface area (Å²) in [6.07, 6.45) is 4.51. The molecule has 3 aromatic carbocycles. The van der Waals surface area contributed by atoms with Crippen LogP contribution in [0.5, 0.6) is 0 Å². The fourth-order valence-electron chi connectivity index (χ4n) is 3.55. The third kappa shape index (κ3) is 3.51. The van der Waals surface area contributed by atoms with E-state index in [-0.39, 0.29) is 32.5 Å². The number of halogens is 2. The van der Waals surface area contributed by atoms with Crippen molar-refractivity contribution in [2.75, 3.05) is 0 Å². The molecule has 0 amide bonds. The van der Waals surface area contributed by atoms with Crippen LogP contribution in [0.3, 0.4) is 0 Å². The highest BCUT2D eigenvalue weighted by Crippen LogP contribution is 2.26. The summed E-state index contributed by atoms with van der Waals surface area (Å²) >= 11 is 12.2. The molecule has 0 fully saturated rings. The van der Waals surface area contributed by atoms with Crippen LogP contribution >= 0.6 is 23.2 Å². The summed E-state index contributed by atoms with van der Waals surface area (Å²) in [6, 6.07) is 19.4. The molecule has 0 N–H and O–H groups in total. The summed E-state index contributed by atoms with van der Waals surface area (Å²) in [4.78, 5) is 30.9. The van der Waals surface area contributed by atoms with E-state index < -0.39 is 0 Å². The normalized spacial score (nSPS) is 11.6. The first-order valence-corrected chi connectivity index (χ1v) is 10.4. The molecule has 0 atom stereocenters. The third-order valence-electron chi connectivity index (χ3n) is 5.05. The van der Waals surface area contributed by atoms with Gasteiger partial charge in [-0.15, -0.1) is 0 Å². The van der Waals surface area contributed by atoms with Crippen molar-refractivity contribution in [3.8, 4) is 5.69 Å². The number of benzene rings is 3. The Morgan fingerprint density at radius 1 is 0.875 bits per heavy atom. The van der Waals surface area contributed by atoms with E-state index in [2.05, 4.69) is 4.98 Å². The van der Waals surface area contributed by atoms with Crippen LogP contribution in [0.4, 0.5) is 0 Å². The Morgan fingerprint density at radius 3 is 2.44 bits per heavy atom. The van der Waals surface area contributed by atoms with E-state index >= 15 is 0 Å². The van der Waals surface area contributed by atoms with Gasteiger partial charge in [0.25, 0.3) is 5.56 Å². The van der Waals surface area contributed by atoms with Crippen LogP contribution in [-0.4, -0.2) is 9.55 Å². The van der Waals surface area contributed by atoms with Crippen LogP contribution in [0.2, 0.25) is 10.0 Å². The first-order valence-electron chi connectivity index (χ1n) is 9.69. The van der Waals surface area contributed by atoms with E-state index in [4.69, 9.17) is 27.6 Å². The molecule has 2 heterocycles. The first kappa shape index (κ1) is 20.2. The Morgan fingerprint density at radius 2 is 1.62 bits per heavy atom. The molecule has 0 aliphatic carbocycles. The van der Waals surface area contributed by atoms with Crippen LogP contribution in [-0.2, 0) is 0 Å². The molecule has 0 aliphatic heterocycles. The molecule has 32 heavy (non-hydrogen) atoms. The van der Waals surface area contributed by atoms with Crippen molar-refractivity contribution in [3.05, 3.63) is 115 Å². The Labute approximate surface area is 191 Å². The van der Waals surface area contributed by atoms with Gasteiger partial charge in [-0.1, -0.05) is 53.5 Å². The van der Waals surface area contributed by atoms with Crippen molar-refractivity contribution in [2.24, 2.45) is 0 Å². The summed E-state index contributed by atoms with van der Waals surface area (Å²) in [5, 5.41) is 1.37. The third-order valence-corrected chi connectivity index (χ3v) is 5.55. The van der Waals surface area contributed by atoms with E-state index in [1.54, 1.807) is 30.4 Å². The lowest BCUT2D eigenvalue weighted by Crippen LogP contribution is -2.22. The fourth-order valence-corrected chi connectivity index (χ4v) is 4.09. The zero-order chi connectivity index (χ0) is 22.2. The van der Waals surface area contributed by atoms with E-state index in [0.717, 1.165) is 0 Å². The largest absolute Gasteiger partial charge is 0.462 e. The molecule has 5 nitrogen and oxygen atoms in total. The monoisotopic (exact) mass is 460 g/mol. The lowest BCUT2D eigenvalue weighted by atomic mass is 10.1. The van der Waals surface area contributed by atoms with Gasteiger partial charge in [0.2, 0.25) is 0 Å². The van der Waals surface area contributed by atoms with Gasteiger partial charge < -0.3 is 4.42 Å². The minimum absolute atomic E-state index is 0.203. The maximum absolute atomic E-state index is 13.3. The predicted molar refractivity (Wildman–Crippen MR) is 129 cm³/mol. The molecule has 0 aliphatic rings. The van der Waals surface area contributed by atoms with Gasteiger partial charge in [0, 0.05) is 5.02 Å². The van der Waals surface area contributed by atoms with Crippen molar-refractivity contribution in [1.29, 1.82) is 0 Å². The molecule has 0 radical (unpaired) electrons. The highest BCUT2D eigenvalue weighted by Gasteiger charge is 2.12. The highest BCUT2D eigenvalue weighted by molar-refractivity contribution is 6.38. The molecule has 2 aromatic heterocycles. The average Bonchev–Trinajstić information content (AvgIpc) is 2.80. The lowest BCUT2D eigenvalue weighted by molar-refractivity contribution is 0.601. The van der Waals surface area contributed by atoms with Crippen molar-refractivity contribution in [2.45, 2.75) is 0 Å². The van der Waals surface area contributed by atoms with Gasteiger partial charge in [-0.25, -0.2) is 4.98 Å². The number of hydrogen-bond acceptors (Lipinski definition) is 4. The van der Waals surface area contributed by atoms with Crippen LogP contribution in [0.15, 0.2) is 87.0 Å².